The number of nitrogens with zero attached hydrogens (tertiary/aromatic N) is 1. The number of piperidine rings is 1. The van der Waals surface area contributed by atoms with Crippen LogP contribution in [0.1, 0.15) is 30.1 Å². The maximum Gasteiger partial charge on any atom is 0.349 e. The molecular weight excluding hydrogens is 404 g/mol. The van der Waals surface area contributed by atoms with Gasteiger partial charge in [-0.2, -0.15) is 4.31 Å². The fourth-order valence-corrected chi connectivity index (χ4v) is 5.24. The van der Waals surface area contributed by atoms with Crippen LogP contribution in [0.5, 0.6) is 0 Å². The number of carbonyl (C=O) groups is 1. The molecule has 1 amide bonds. The smallest absolute Gasteiger partial charge is 0.349 e. The molecule has 4 rings (SSSR count). The van der Waals surface area contributed by atoms with Crippen molar-refractivity contribution in [2.45, 2.75) is 24.7 Å². The van der Waals surface area contributed by atoms with Gasteiger partial charge in [-0.1, -0.05) is 25.1 Å². The second kappa shape index (κ2) is 8.04. The van der Waals surface area contributed by atoms with E-state index in [1.54, 1.807) is 24.3 Å². The normalized spacial score (nSPS) is 17.7. The van der Waals surface area contributed by atoms with Crippen molar-refractivity contribution in [3.63, 3.8) is 0 Å². The van der Waals surface area contributed by atoms with Crippen LogP contribution in [-0.4, -0.2) is 31.7 Å². The molecule has 1 aliphatic heterocycles. The summed E-state index contributed by atoms with van der Waals surface area (Å²) in [7, 11) is -3.57. The number of rotatable bonds is 4. The summed E-state index contributed by atoms with van der Waals surface area (Å²) < 4.78 is 32.4. The van der Waals surface area contributed by atoms with Gasteiger partial charge in [0.2, 0.25) is 10.0 Å². The number of anilines is 1. The third-order valence-electron chi connectivity index (χ3n) is 5.26. The number of carbonyl (C=O) groups excluding carboxylic acids is 1. The van der Waals surface area contributed by atoms with Gasteiger partial charge in [-0.15, -0.1) is 0 Å². The van der Waals surface area contributed by atoms with E-state index in [0.717, 1.165) is 12.8 Å². The zero-order chi connectivity index (χ0) is 21.3. The second-order valence-electron chi connectivity index (χ2n) is 7.57. The van der Waals surface area contributed by atoms with Crippen LogP contribution in [-0.2, 0) is 10.0 Å². The molecular formula is C22H22N2O5S. The molecule has 1 fully saturated rings. The van der Waals surface area contributed by atoms with E-state index in [1.807, 2.05) is 6.92 Å². The van der Waals surface area contributed by atoms with Crippen molar-refractivity contribution in [3.8, 4) is 0 Å². The minimum absolute atomic E-state index is 0.118. The zero-order valence-electron chi connectivity index (χ0n) is 16.5. The zero-order valence-corrected chi connectivity index (χ0v) is 17.3. The van der Waals surface area contributed by atoms with Crippen molar-refractivity contribution >= 4 is 32.6 Å². The fourth-order valence-electron chi connectivity index (χ4n) is 3.64. The summed E-state index contributed by atoms with van der Waals surface area (Å²) in [5.41, 5.74) is -0.0588. The van der Waals surface area contributed by atoms with Crippen molar-refractivity contribution < 1.29 is 17.6 Å². The van der Waals surface area contributed by atoms with Gasteiger partial charge in [0.1, 0.15) is 11.1 Å². The van der Waals surface area contributed by atoms with Gasteiger partial charge in [-0.25, -0.2) is 13.2 Å². The van der Waals surface area contributed by atoms with Crippen LogP contribution < -0.4 is 10.9 Å². The molecule has 1 saturated heterocycles. The number of fused-ring (bicyclic) bond motifs is 1. The Morgan fingerprint density at radius 3 is 2.60 bits per heavy atom. The lowest BCUT2D eigenvalue weighted by molar-refractivity contribution is 0.102. The van der Waals surface area contributed by atoms with E-state index in [0.29, 0.717) is 35.7 Å². The minimum atomic E-state index is -3.57. The van der Waals surface area contributed by atoms with Crippen LogP contribution in [0.3, 0.4) is 0 Å². The largest absolute Gasteiger partial charge is 0.422 e. The van der Waals surface area contributed by atoms with Gasteiger partial charge in [0.15, 0.2) is 0 Å². The van der Waals surface area contributed by atoms with Crippen molar-refractivity contribution in [1.82, 2.24) is 4.31 Å². The third-order valence-corrected chi connectivity index (χ3v) is 7.14. The predicted molar refractivity (Wildman–Crippen MR) is 114 cm³/mol. The molecule has 0 saturated carbocycles. The van der Waals surface area contributed by atoms with Crippen LogP contribution in [0.4, 0.5) is 5.69 Å². The van der Waals surface area contributed by atoms with Crippen molar-refractivity contribution in [2.75, 3.05) is 18.4 Å². The summed E-state index contributed by atoms with van der Waals surface area (Å²) in [4.78, 5) is 24.9. The standard InChI is InChI=1S/C22H22N2O5S/c1-15-5-4-12-24(14-15)30(27,28)18-10-8-17(9-11-18)23-21(25)19-13-16-6-2-3-7-20(16)29-22(19)26/h2-3,6-11,13,15H,4-5,12,14H2,1H3,(H,23,25)/t15-/m0/s1. The van der Waals surface area contributed by atoms with Crippen molar-refractivity contribution in [2.24, 2.45) is 5.92 Å². The summed E-state index contributed by atoms with van der Waals surface area (Å²) in [6.07, 6.45) is 1.88. The van der Waals surface area contributed by atoms with E-state index < -0.39 is 21.6 Å². The van der Waals surface area contributed by atoms with Gasteiger partial charge in [-0.3, -0.25) is 4.79 Å². The Hall–Kier alpha value is -2.97. The summed E-state index contributed by atoms with van der Waals surface area (Å²) in [6, 6.07) is 14.4. The first-order valence-electron chi connectivity index (χ1n) is 9.79. The highest BCUT2D eigenvalue weighted by atomic mass is 32.2. The molecule has 8 heteroatoms. The Morgan fingerprint density at radius 1 is 1.13 bits per heavy atom. The molecule has 2 aromatic carbocycles. The van der Waals surface area contributed by atoms with Gasteiger partial charge in [0, 0.05) is 24.2 Å². The number of sulfonamides is 1. The molecule has 7 nitrogen and oxygen atoms in total. The number of hydrogen-bond acceptors (Lipinski definition) is 5. The first-order valence-corrected chi connectivity index (χ1v) is 11.2. The first kappa shape index (κ1) is 20.3. The quantitative estimate of drug-likeness (QED) is 0.645. The Morgan fingerprint density at radius 2 is 1.87 bits per heavy atom. The highest BCUT2D eigenvalue weighted by Crippen LogP contribution is 2.24. The van der Waals surface area contributed by atoms with Gasteiger partial charge >= 0.3 is 5.63 Å². The lowest BCUT2D eigenvalue weighted by Gasteiger charge is -2.30. The molecule has 1 atom stereocenters. The van der Waals surface area contributed by atoms with E-state index in [9.17, 15) is 18.0 Å². The van der Waals surface area contributed by atoms with E-state index >= 15 is 0 Å². The summed E-state index contributed by atoms with van der Waals surface area (Å²) >= 11 is 0. The highest BCUT2D eigenvalue weighted by Gasteiger charge is 2.28. The average molecular weight is 426 g/mol. The minimum Gasteiger partial charge on any atom is -0.422 e. The molecule has 0 unspecified atom stereocenters. The molecule has 3 aromatic rings. The average Bonchev–Trinajstić information content (AvgIpc) is 2.73. The summed E-state index contributed by atoms with van der Waals surface area (Å²) in [5, 5.41) is 3.26. The molecule has 0 bridgehead atoms. The number of para-hydroxylation sites is 1. The highest BCUT2D eigenvalue weighted by molar-refractivity contribution is 7.89. The third kappa shape index (κ3) is 4.01. The van der Waals surface area contributed by atoms with E-state index in [2.05, 4.69) is 5.32 Å². The SMILES string of the molecule is C[C@H]1CCCN(S(=O)(=O)c2ccc(NC(=O)c3cc4ccccc4oc3=O)cc2)C1. The lowest BCUT2D eigenvalue weighted by atomic mass is 10.0. The Labute approximate surface area is 174 Å². The Balaban J connectivity index is 1.53. The molecule has 156 valence electrons. The molecule has 0 aliphatic carbocycles. The second-order valence-corrected chi connectivity index (χ2v) is 9.51. The monoisotopic (exact) mass is 426 g/mol. The maximum absolute atomic E-state index is 12.8. The molecule has 1 aromatic heterocycles. The van der Waals surface area contributed by atoms with Gasteiger partial charge < -0.3 is 9.73 Å². The number of nitrogens with one attached hydrogen (secondary N) is 1. The van der Waals surface area contributed by atoms with Crippen LogP contribution in [0.2, 0.25) is 0 Å². The molecule has 2 heterocycles. The summed E-state index contributed by atoms with van der Waals surface area (Å²) in [6.45, 7) is 3.07. The molecule has 1 N–H and O–H groups in total. The lowest BCUT2D eigenvalue weighted by Crippen LogP contribution is -2.39. The van der Waals surface area contributed by atoms with Gasteiger partial charge in [-0.05, 0) is 55.2 Å². The Bertz CT molecular complexity index is 1250. The van der Waals surface area contributed by atoms with Crippen LogP contribution in [0, 0.1) is 5.92 Å². The molecule has 1 aliphatic rings. The van der Waals surface area contributed by atoms with Crippen LogP contribution >= 0.6 is 0 Å². The fraction of sp³-hybridized carbons (Fsp3) is 0.273. The van der Waals surface area contributed by atoms with Gasteiger partial charge in [0.05, 0.1) is 4.90 Å². The number of benzene rings is 2. The van der Waals surface area contributed by atoms with E-state index in [1.165, 1.54) is 34.6 Å². The molecule has 0 spiro atoms. The Kier molecular flexibility index (Phi) is 5.44. The molecule has 0 radical (unpaired) electrons. The maximum atomic E-state index is 12.8. The van der Waals surface area contributed by atoms with E-state index in [4.69, 9.17) is 4.42 Å². The van der Waals surface area contributed by atoms with Crippen LogP contribution in [0.25, 0.3) is 11.0 Å². The first-order chi connectivity index (χ1) is 14.3. The van der Waals surface area contributed by atoms with Crippen molar-refractivity contribution in [3.05, 3.63) is 70.6 Å². The van der Waals surface area contributed by atoms with Gasteiger partial charge in [0.25, 0.3) is 5.91 Å². The molecule has 30 heavy (non-hydrogen) atoms. The number of hydrogen-bond donors (Lipinski definition) is 1. The van der Waals surface area contributed by atoms with Crippen LogP contribution in [0.15, 0.2) is 68.7 Å². The number of amides is 1. The predicted octanol–water partition coefficient (Wildman–Crippen LogP) is 3.47. The topological polar surface area (TPSA) is 96.7 Å². The van der Waals surface area contributed by atoms with Crippen molar-refractivity contribution in [1.29, 1.82) is 0 Å². The summed E-state index contributed by atoms with van der Waals surface area (Å²) in [5.74, 6) is -0.282. The van der Waals surface area contributed by atoms with E-state index in [-0.39, 0.29) is 10.5 Å².